The Kier molecular flexibility index (Phi) is 6.36. The van der Waals surface area contributed by atoms with Gasteiger partial charge in [0.25, 0.3) is 5.91 Å². The van der Waals surface area contributed by atoms with Crippen LogP contribution in [0.2, 0.25) is 0 Å². The van der Waals surface area contributed by atoms with Crippen LogP contribution in [-0.2, 0) is 0 Å². The van der Waals surface area contributed by atoms with Crippen molar-refractivity contribution in [3.8, 4) is 17.2 Å². The molecule has 0 unspecified atom stereocenters. The van der Waals surface area contributed by atoms with E-state index >= 15 is 0 Å². The van der Waals surface area contributed by atoms with Crippen molar-refractivity contribution in [3.05, 3.63) is 60.7 Å². The van der Waals surface area contributed by atoms with Gasteiger partial charge in [-0.05, 0) is 68.1 Å². The summed E-state index contributed by atoms with van der Waals surface area (Å²) in [5.41, 5.74) is 1.20. The maximum absolute atomic E-state index is 12.5. The monoisotopic (exact) mass is 367 g/mol. The molecule has 1 saturated carbocycles. The van der Waals surface area contributed by atoms with Gasteiger partial charge >= 0.3 is 0 Å². The summed E-state index contributed by atoms with van der Waals surface area (Å²) in [6.45, 7) is 3.99. The minimum absolute atomic E-state index is 0.215. The summed E-state index contributed by atoms with van der Waals surface area (Å²) in [5, 5.41) is 2.89. The summed E-state index contributed by atoms with van der Waals surface area (Å²) >= 11 is 0. The van der Waals surface area contributed by atoms with Crippen LogP contribution in [0.5, 0.6) is 17.2 Å². The maximum atomic E-state index is 12.5. The van der Waals surface area contributed by atoms with Crippen LogP contribution in [0.25, 0.3) is 0 Å². The van der Waals surface area contributed by atoms with E-state index in [-0.39, 0.29) is 5.91 Å². The number of hydrogen-bond donors (Lipinski definition) is 1. The Hall–Kier alpha value is -2.95. The molecule has 3 rings (SSSR count). The molecule has 0 aromatic heterocycles. The zero-order chi connectivity index (χ0) is 19.1. The average molecular weight is 367 g/mol. The summed E-state index contributed by atoms with van der Waals surface area (Å²) in [7, 11) is 1.54. The molecule has 0 radical (unpaired) electrons. The summed E-state index contributed by atoms with van der Waals surface area (Å²) in [5.74, 6) is 1.70. The minimum atomic E-state index is -0.215. The van der Waals surface area contributed by atoms with Gasteiger partial charge in [0.05, 0.1) is 13.2 Å². The number of carbonyl (C=O) groups excluding carboxylic acids is 1. The number of benzene rings is 2. The molecular weight excluding hydrogens is 342 g/mol. The first-order valence-electron chi connectivity index (χ1n) is 9.19. The van der Waals surface area contributed by atoms with Crippen LogP contribution in [0.4, 0.5) is 5.69 Å². The molecule has 1 amide bonds. The van der Waals surface area contributed by atoms with Crippen LogP contribution < -0.4 is 19.5 Å². The Morgan fingerprint density at radius 3 is 2.56 bits per heavy atom. The Balaban J connectivity index is 1.63. The molecule has 1 aliphatic rings. The lowest BCUT2D eigenvalue weighted by Gasteiger charge is -2.14. The quantitative estimate of drug-likeness (QED) is 0.679. The van der Waals surface area contributed by atoms with Gasteiger partial charge in [0.1, 0.15) is 12.4 Å². The molecule has 142 valence electrons. The lowest BCUT2D eigenvalue weighted by atomic mass is 10.1. The van der Waals surface area contributed by atoms with Crippen LogP contribution >= 0.6 is 0 Å². The normalized spacial score (nSPS) is 13.8. The lowest BCUT2D eigenvalue weighted by molar-refractivity contribution is 0.102. The average Bonchev–Trinajstić information content (AvgIpc) is 3.20. The van der Waals surface area contributed by atoms with Gasteiger partial charge in [-0.1, -0.05) is 12.7 Å². The Morgan fingerprint density at radius 1 is 1.15 bits per heavy atom. The van der Waals surface area contributed by atoms with Crippen LogP contribution in [0, 0.1) is 0 Å². The molecular formula is C22H25NO4. The molecule has 0 heterocycles. The third-order valence-electron chi connectivity index (χ3n) is 4.50. The third-order valence-corrected chi connectivity index (χ3v) is 4.50. The highest BCUT2D eigenvalue weighted by molar-refractivity contribution is 6.04. The van der Waals surface area contributed by atoms with Gasteiger partial charge < -0.3 is 19.5 Å². The Bertz CT molecular complexity index is 779. The number of amides is 1. The highest BCUT2D eigenvalue weighted by Gasteiger charge is 2.16. The van der Waals surface area contributed by atoms with E-state index in [1.807, 2.05) is 24.3 Å². The summed E-state index contributed by atoms with van der Waals surface area (Å²) in [6, 6.07) is 12.6. The summed E-state index contributed by atoms with van der Waals surface area (Å²) in [6.07, 6.45) is 6.68. The molecule has 0 spiro atoms. The number of anilines is 1. The van der Waals surface area contributed by atoms with Crippen LogP contribution in [0.15, 0.2) is 55.1 Å². The first-order chi connectivity index (χ1) is 13.2. The predicted molar refractivity (Wildman–Crippen MR) is 106 cm³/mol. The second-order valence-electron chi connectivity index (χ2n) is 6.47. The van der Waals surface area contributed by atoms with Crippen LogP contribution in [-0.4, -0.2) is 25.7 Å². The number of nitrogens with one attached hydrogen (secondary N) is 1. The molecule has 5 nitrogen and oxygen atoms in total. The van der Waals surface area contributed by atoms with Crippen molar-refractivity contribution in [3.63, 3.8) is 0 Å². The van der Waals surface area contributed by atoms with Crippen molar-refractivity contribution in [2.45, 2.75) is 31.8 Å². The number of rotatable bonds is 8. The predicted octanol–water partition coefficient (Wildman–Crippen LogP) is 4.83. The molecule has 0 atom stereocenters. The smallest absolute Gasteiger partial charge is 0.255 e. The number of methoxy groups -OCH3 is 1. The number of carbonyl (C=O) groups is 1. The zero-order valence-corrected chi connectivity index (χ0v) is 15.6. The molecule has 2 aromatic carbocycles. The standard InChI is InChI=1S/C22H25NO4/c1-3-14-26-20-13-8-16(15-21(20)25-2)22(24)23-17-9-11-19(12-10-17)27-18-6-4-5-7-18/h3,8-13,15,18H,1,4-7,14H2,2H3,(H,23,24). The van der Waals surface area contributed by atoms with Crippen molar-refractivity contribution < 1.29 is 19.0 Å². The van der Waals surface area contributed by atoms with Crippen molar-refractivity contribution in [1.82, 2.24) is 0 Å². The first-order valence-corrected chi connectivity index (χ1v) is 9.19. The molecule has 5 heteroatoms. The van der Waals surface area contributed by atoms with Crippen LogP contribution in [0.1, 0.15) is 36.0 Å². The van der Waals surface area contributed by atoms with Gasteiger partial charge in [-0.3, -0.25) is 4.79 Å². The van der Waals surface area contributed by atoms with Crippen molar-refractivity contribution in [1.29, 1.82) is 0 Å². The van der Waals surface area contributed by atoms with Crippen molar-refractivity contribution in [2.75, 3.05) is 19.0 Å². The van der Waals surface area contributed by atoms with Gasteiger partial charge in [-0.25, -0.2) is 0 Å². The first kappa shape index (κ1) is 18.8. The van der Waals surface area contributed by atoms with E-state index in [4.69, 9.17) is 14.2 Å². The van der Waals surface area contributed by atoms with Gasteiger partial charge in [0, 0.05) is 11.3 Å². The SMILES string of the molecule is C=CCOc1ccc(C(=O)Nc2ccc(OC3CCCC3)cc2)cc1OC. The zero-order valence-electron chi connectivity index (χ0n) is 15.6. The van der Waals surface area contributed by atoms with Gasteiger partial charge in [-0.2, -0.15) is 0 Å². The fourth-order valence-electron chi connectivity index (χ4n) is 3.10. The summed E-state index contributed by atoms with van der Waals surface area (Å²) < 4.78 is 16.8. The largest absolute Gasteiger partial charge is 0.493 e. The van der Waals surface area contributed by atoms with E-state index in [0.29, 0.717) is 35.5 Å². The third kappa shape index (κ3) is 5.03. The Labute approximate surface area is 159 Å². The van der Waals surface area contributed by atoms with E-state index in [9.17, 15) is 4.79 Å². The molecule has 27 heavy (non-hydrogen) atoms. The molecule has 1 aliphatic carbocycles. The highest BCUT2D eigenvalue weighted by atomic mass is 16.5. The topological polar surface area (TPSA) is 56.8 Å². The van der Waals surface area contributed by atoms with Crippen molar-refractivity contribution in [2.24, 2.45) is 0 Å². The molecule has 1 fully saturated rings. The van der Waals surface area contributed by atoms with Gasteiger partial charge in [0.2, 0.25) is 0 Å². The fraction of sp³-hybridized carbons (Fsp3) is 0.318. The molecule has 2 aromatic rings. The number of hydrogen-bond acceptors (Lipinski definition) is 4. The number of ether oxygens (including phenoxy) is 3. The van der Waals surface area contributed by atoms with Gasteiger partial charge in [-0.15, -0.1) is 0 Å². The van der Waals surface area contributed by atoms with E-state index in [1.165, 1.54) is 12.8 Å². The van der Waals surface area contributed by atoms with E-state index < -0.39 is 0 Å². The van der Waals surface area contributed by atoms with Gasteiger partial charge in [0.15, 0.2) is 11.5 Å². The molecule has 0 aliphatic heterocycles. The molecule has 1 N–H and O–H groups in total. The van der Waals surface area contributed by atoms with Crippen LogP contribution in [0.3, 0.4) is 0 Å². The molecule has 0 saturated heterocycles. The Morgan fingerprint density at radius 2 is 1.89 bits per heavy atom. The highest BCUT2D eigenvalue weighted by Crippen LogP contribution is 2.29. The second-order valence-corrected chi connectivity index (χ2v) is 6.47. The minimum Gasteiger partial charge on any atom is -0.493 e. The van der Waals surface area contributed by atoms with Crippen molar-refractivity contribution >= 4 is 11.6 Å². The fourth-order valence-corrected chi connectivity index (χ4v) is 3.10. The van der Waals surface area contributed by atoms with E-state index in [1.54, 1.807) is 31.4 Å². The molecule has 0 bridgehead atoms. The lowest BCUT2D eigenvalue weighted by Crippen LogP contribution is -2.13. The van der Waals surface area contributed by atoms with E-state index in [2.05, 4.69) is 11.9 Å². The van der Waals surface area contributed by atoms with E-state index in [0.717, 1.165) is 18.6 Å². The maximum Gasteiger partial charge on any atom is 0.255 e. The second kappa shape index (κ2) is 9.12. The summed E-state index contributed by atoms with van der Waals surface area (Å²) in [4.78, 5) is 12.5.